The summed E-state index contributed by atoms with van der Waals surface area (Å²) < 4.78 is 0. The molecule has 0 aromatic rings. The van der Waals surface area contributed by atoms with Gasteiger partial charge in [-0.2, -0.15) is 0 Å². The molecule has 2 fully saturated rings. The Bertz CT molecular complexity index is 350. The number of rotatable bonds is 1. The van der Waals surface area contributed by atoms with E-state index in [9.17, 15) is 14.4 Å². The summed E-state index contributed by atoms with van der Waals surface area (Å²) in [7, 11) is 0. The molecule has 0 aromatic heterocycles. The highest BCUT2D eigenvalue weighted by Gasteiger charge is 2.37. The maximum atomic E-state index is 12.2. The van der Waals surface area contributed by atoms with Crippen molar-refractivity contribution in [1.29, 1.82) is 0 Å². The smallest absolute Gasteiger partial charge is 0.321 e. The Kier molecular flexibility index (Phi) is 3.31. The van der Waals surface area contributed by atoms with Crippen LogP contribution in [0, 0.1) is 0 Å². The Morgan fingerprint density at radius 3 is 2.59 bits per heavy atom. The second kappa shape index (κ2) is 4.73. The van der Waals surface area contributed by atoms with Gasteiger partial charge < -0.3 is 9.80 Å². The Morgan fingerprint density at radius 1 is 1.35 bits per heavy atom. The number of nitrogens with one attached hydrogen (secondary N) is 1. The average Bonchev–Trinajstić information content (AvgIpc) is 2.80. The number of nitrogens with zero attached hydrogens (tertiary/aromatic N) is 2. The van der Waals surface area contributed by atoms with Crippen molar-refractivity contribution in [2.24, 2.45) is 0 Å². The Balaban J connectivity index is 2.12. The van der Waals surface area contributed by atoms with E-state index in [4.69, 9.17) is 0 Å². The maximum absolute atomic E-state index is 12.2. The van der Waals surface area contributed by atoms with Gasteiger partial charge in [0.1, 0.15) is 12.6 Å². The van der Waals surface area contributed by atoms with Gasteiger partial charge in [0.15, 0.2) is 0 Å². The second-order valence-electron chi connectivity index (χ2n) is 4.44. The molecule has 0 bridgehead atoms. The molecule has 2 aliphatic heterocycles. The van der Waals surface area contributed by atoms with Gasteiger partial charge >= 0.3 is 6.03 Å². The van der Waals surface area contributed by atoms with Crippen molar-refractivity contribution >= 4 is 17.8 Å². The third-order valence-electron chi connectivity index (χ3n) is 3.26. The summed E-state index contributed by atoms with van der Waals surface area (Å²) in [5, 5.41) is 2.27. The lowest BCUT2D eigenvalue weighted by Gasteiger charge is -2.35. The van der Waals surface area contributed by atoms with Crippen LogP contribution in [0.15, 0.2) is 0 Å². The molecule has 1 atom stereocenters. The number of imide groups is 1. The minimum absolute atomic E-state index is 0.0143. The lowest BCUT2D eigenvalue weighted by molar-refractivity contribution is -0.138. The molecule has 2 aliphatic rings. The largest absolute Gasteiger partial charge is 0.325 e. The van der Waals surface area contributed by atoms with Crippen molar-refractivity contribution < 1.29 is 14.4 Å². The molecular formula is C11H17N3O3. The summed E-state index contributed by atoms with van der Waals surface area (Å²) in [5.41, 5.74) is 0. The minimum atomic E-state index is -0.513. The van der Waals surface area contributed by atoms with Crippen molar-refractivity contribution in [2.45, 2.75) is 32.2 Å². The van der Waals surface area contributed by atoms with E-state index in [0.717, 1.165) is 25.9 Å². The third kappa shape index (κ3) is 2.25. The Labute approximate surface area is 99.9 Å². The van der Waals surface area contributed by atoms with Crippen molar-refractivity contribution in [1.82, 2.24) is 15.1 Å². The van der Waals surface area contributed by atoms with Crippen LogP contribution in [0.2, 0.25) is 0 Å². The summed E-state index contributed by atoms with van der Waals surface area (Å²) >= 11 is 0. The number of hydrogen-bond acceptors (Lipinski definition) is 3. The van der Waals surface area contributed by atoms with E-state index in [1.807, 2.05) is 6.92 Å². The van der Waals surface area contributed by atoms with Crippen LogP contribution in [0.1, 0.15) is 26.2 Å². The summed E-state index contributed by atoms with van der Waals surface area (Å²) in [4.78, 5) is 38.2. The van der Waals surface area contributed by atoms with Crippen molar-refractivity contribution in [3.05, 3.63) is 0 Å². The zero-order valence-electron chi connectivity index (χ0n) is 9.94. The molecule has 0 aliphatic carbocycles. The molecule has 0 aromatic carbocycles. The Morgan fingerprint density at radius 2 is 2.00 bits per heavy atom. The highest BCUT2D eigenvalue weighted by molar-refractivity contribution is 6.04. The van der Waals surface area contributed by atoms with E-state index in [1.165, 1.54) is 4.90 Å². The molecule has 1 N–H and O–H groups in total. The van der Waals surface area contributed by atoms with Gasteiger partial charge in [0.05, 0.1) is 0 Å². The predicted octanol–water partition coefficient (Wildman–Crippen LogP) is -0.0608. The monoisotopic (exact) mass is 239 g/mol. The number of hydrogen-bond donors (Lipinski definition) is 1. The highest BCUT2D eigenvalue weighted by Crippen LogP contribution is 2.16. The van der Waals surface area contributed by atoms with Gasteiger partial charge in [0.2, 0.25) is 11.8 Å². The van der Waals surface area contributed by atoms with Crippen LogP contribution in [0.4, 0.5) is 4.79 Å². The fourth-order valence-electron chi connectivity index (χ4n) is 2.36. The van der Waals surface area contributed by atoms with E-state index >= 15 is 0 Å². The fraction of sp³-hybridized carbons (Fsp3) is 0.727. The molecule has 2 rings (SSSR count). The molecule has 0 radical (unpaired) electrons. The van der Waals surface area contributed by atoms with Crippen LogP contribution >= 0.6 is 0 Å². The molecule has 1 unspecified atom stereocenters. The van der Waals surface area contributed by atoms with Gasteiger partial charge in [0, 0.05) is 13.1 Å². The van der Waals surface area contributed by atoms with Gasteiger partial charge in [-0.1, -0.05) is 6.92 Å². The zero-order valence-corrected chi connectivity index (χ0v) is 9.94. The van der Waals surface area contributed by atoms with Crippen molar-refractivity contribution in [2.75, 3.05) is 19.6 Å². The van der Waals surface area contributed by atoms with Crippen LogP contribution in [-0.4, -0.2) is 53.3 Å². The Hall–Kier alpha value is -1.59. The van der Waals surface area contributed by atoms with Gasteiger partial charge in [-0.05, 0) is 19.3 Å². The molecule has 4 amide bonds. The number of carbonyl (C=O) groups excluding carboxylic acids is 3. The standard InChI is InChI=1S/C11H17N3O3/c1-2-8-10(16)12-9(15)7-14(8)11(17)13-5-3-4-6-13/h8H,2-7H2,1H3,(H,12,15,16). The number of urea groups is 1. The predicted molar refractivity (Wildman–Crippen MR) is 60.1 cm³/mol. The summed E-state index contributed by atoms with van der Waals surface area (Å²) in [6.07, 6.45) is 2.52. The molecule has 17 heavy (non-hydrogen) atoms. The molecule has 2 saturated heterocycles. The van der Waals surface area contributed by atoms with Crippen LogP contribution in [0.3, 0.4) is 0 Å². The topological polar surface area (TPSA) is 69.7 Å². The fourth-order valence-corrected chi connectivity index (χ4v) is 2.36. The molecule has 94 valence electrons. The summed E-state index contributed by atoms with van der Waals surface area (Å²) in [5.74, 6) is -0.761. The SMILES string of the molecule is CCC1C(=O)NC(=O)CN1C(=O)N1CCCC1. The second-order valence-corrected chi connectivity index (χ2v) is 4.44. The zero-order chi connectivity index (χ0) is 12.4. The highest BCUT2D eigenvalue weighted by atomic mass is 16.2. The van der Waals surface area contributed by atoms with E-state index in [-0.39, 0.29) is 18.5 Å². The number of amides is 4. The van der Waals surface area contributed by atoms with Gasteiger partial charge in [-0.3, -0.25) is 14.9 Å². The van der Waals surface area contributed by atoms with E-state index in [2.05, 4.69) is 5.32 Å². The van der Waals surface area contributed by atoms with Crippen LogP contribution in [-0.2, 0) is 9.59 Å². The number of carbonyl (C=O) groups is 3. The molecular weight excluding hydrogens is 222 g/mol. The van der Waals surface area contributed by atoms with E-state index in [1.54, 1.807) is 4.90 Å². The number of piperazine rings is 1. The first-order valence-corrected chi connectivity index (χ1v) is 6.02. The van der Waals surface area contributed by atoms with Gasteiger partial charge in [0.25, 0.3) is 0 Å². The third-order valence-corrected chi connectivity index (χ3v) is 3.26. The van der Waals surface area contributed by atoms with Crippen LogP contribution < -0.4 is 5.32 Å². The first-order valence-electron chi connectivity index (χ1n) is 6.02. The van der Waals surface area contributed by atoms with Crippen molar-refractivity contribution in [3.8, 4) is 0 Å². The minimum Gasteiger partial charge on any atom is -0.325 e. The van der Waals surface area contributed by atoms with Crippen LogP contribution in [0.5, 0.6) is 0 Å². The quantitative estimate of drug-likeness (QED) is 0.652. The molecule has 0 spiro atoms. The van der Waals surface area contributed by atoms with Crippen molar-refractivity contribution in [3.63, 3.8) is 0 Å². The molecule has 2 heterocycles. The van der Waals surface area contributed by atoms with Gasteiger partial charge in [-0.15, -0.1) is 0 Å². The molecule has 6 heteroatoms. The maximum Gasteiger partial charge on any atom is 0.321 e. The number of likely N-dealkylation sites (tertiary alicyclic amines) is 1. The van der Waals surface area contributed by atoms with E-state index in [0.29, 0.717) is 6.42 Å². The normalized spacial score (nSPS) is 25.1. The first kappa shape index (κ1) is 11.9. The lowest BCUT2D eigenvalue weighted by atomic mass is 10.1. The van der Waals surface area contributed by atoms with E-state index < -0.39 is 11.9 Å². The average molecular weight is 239 g/mol. The molecule has 0 saturated carbocycles. The summed E-state index contributed by atoms with van der Waals surface area (Å²) in [6, 6.07) is -0.696. The summed E-state index contributed by atoms with van der Waals surface area (Å²) in [6.45, 7) is 3.27. The van der Waals surface area contributed by atoms with Gasteiger partial charge in [-0.25, -0.2) is 4.79 Å². The lowest BCUT2D eigenvalue weighted by Crippen LogP contribution is -2.61. The first-order chi connectivity index (χ1) is 8.13. The molecule has 6 nitrogen and oxygen atoms in total. The van der Waals surface area contributed by atoms with Crippen LogP contribution in [0.25, 0.3) is 0 Å².